The van der Waals surface area contributed by atoms with Crippen molar-refractivity contribution >= 4 is 0 Å². The summed E-state index contributed by atoms with van der Waals surface area (Å²) in [7, 11) is 0. The van der Waals surface area contributed by atoms with Crippen LogP contribution in [0.3, 0.4) is 0 Å². The first kappa shape index (κ1) is 16.1. The maximum Gasteiger partial charge on any atom is 0.226 e. The molecule has 1 aliphatic rings. The van der Waals surface area contributed by atoms with Crippen molar-refractivity contribution in [3.05, 3.63) is 23.4 Å². The van der Waals surface area contributed by atoms with Gasteiger partial charge in [-0.1, -0.05) is 18.5 Å². The SMILES string of the molecule is CCCCc1nc(CN2CCC[C@@H]2Cn2nc(C)nc2C)no1. The molecule has 126 valence electrons. The lowest BCUT2D eigenvalue weighted by Crippen LogP contribution is -2.33. The molecule has 0 N–H and O–H groups in total. The number of hydrogen-bond acceptors (Lipinski definition) is 6. The number of nitrogens with zero attached hydrogens (tertiary/aromatic N) is 6. The van der Waals surface area contributed by atoms with Gasteiger partial charge >= 0.3 is 0 Å². The highest BCUT2D eigenvalue weighted by molar-refractivity contribution is 4.92. The lowest BCUT2D eigenvalue weighted by molar-refractivity contribution is 0.210. The van der Waals surface area contributed by atoms with Crippen molar-refractivity contribution in [2.24, 2.45) is 0 Å². The van der Waals surface area contributed by atoms with Gasteiger partial charge in [-0.3, -0.25) is 4.90 Å². The fraction of sp³-hybridized carbons (Fsp3) is 0.750. The van der Waals surface area contributed by atoms with E-state index < -0.39 is 0 Å². The van der Waals surface area contributed by atoms with Crippen LogP contribution in [0.4, 0.5) is 0 Å². The fourth-order valence-electron chi connectivity index (χ4n) is 3.21. The second-order valence-corrected chi connectivity index (χ2v) is 6.36. The first-order valence-electron chi connectivity index (χ1n) is 8.59. The van der Waals surface area contributed by atoms with Crippen molar-refractivity contribution in [3.8, 4) is 0 Å². The van der Waals surface area contributed by atoms with E-state index in [1.165, 1.54) is 12.8 Å². The monoisotopic (exact) mass is 318 g/mol. The summed E-state index contributed by atoms with van der Waals surface area (Å²) in [6, 6.07) is 0.465. The van der Waals surface area contributed by atoms with Gasteiger partial charge in [0.1, 0.15) is 11.6 Å². The van der Waals surface area contributed by atoms with Crippen LogP contribution in [0, 0.1) is 13.8 Å². The van der Waals surface area contributed by atoms with Crippen LogP contribution in [-0.4, -0.2) is 42.4 Å². The minimum Gasteiger partial charge on any atom is -0.339 e. The molecule has 1 fully saturated rings. The largest absolute Gasteiger partial charge is 0.339 e. The molecule has 2 aromatic heterocycles. The zero-order valence-corrected chi connectivity index (χ0v) is 14.3. The van der Waals surface area contributed by atoms with Gasteiger partial charge in [0.25, 0.3) is 0 Å². The number of aryl methyl sites for hydroxylation is 3. The van der Waals surface area contributed by atoms with Crippen LogP contribution in [0.5, 0.6) is 0 Å². The molecule has 0 aliphatic carbocycles. The summed E-state index contributed by atoms with van der Waals surface area (Å²) in [5, 5.41) is 8.62. The van der Waals surface area contributed by atoms with Gasteiger partial charge in [-0.05, 0) is 39.7 Å². The number of likely N-dealkylation sites (tertiary alicyclic amines) is 1. The molecule has 23 heavy (non-hydrogen) atoms. The van der Waals surface area contributed by atoms with Crippen LogP contribution in [0.1, 0.15) is 56.0 Å². The van der Waals surface area contributed by atoms with Crippen LogP contribution in [-0.2, 0) is 19.5 Å². The van der Waals surface area contributed by atoms with Crippen molar-refractivity contribution in [2.75, 3.05) is 6.54 Å². The molecule has 3 rings (SSSR count). The fourth-order valence-corrected chi connectivity index (χ4v) is 3.21. The van der Waals surface area contributed by atoms with Gasteiger partial charge in [-0.2, -0.15) is 10.1 Å². The van der Waals surface area contributed by atoms with E-state index in [9.17, 15) is 0 Å². The van der Waals surface area contributed by atoms with Gasteiger partial charge in [0.15, 0.2) is 5.82 Å². The molecule has 1 saturated heterocycles. The van der Waals surface area contributed by atoms with Gasteiger partial charge in [0.05, 0.1) is 13.1 Å². The van der Waals surface area contributed by atoms with Crippen molar-refractivity contribution < 1.29 is 4.52 Å². The molecule has 0 spiro atoms. The van der Waals surface area contributed by atoms with E-state index in [0.29, 0.717) is 6.04 Å². The second kappa shape index (κ2) is 7.21. The van der Waals surface area contributed by atoms with Gasteiger partial charge in [0, 0.05) is 12.5 Å². The predicted octanol–water partition coefficient (Wildman–Crippen LogP) is 2.29. The molecule has 0 amide bonds. The third-order valence-corrected chi connectivity index (χ3v) is 4.44. The Kier molecular flexibility index (Phi) is 5.05. The van der Waals surface area contributed by atoms with Crippen molar-refractivity contribution in [2.45, 2.75) is 72.0 Å². The first-order valence-corrected chi connectivity index (χ1v) is 8.59. The van der Waals surface area contributed by atoms with E-state index in [1.807, 2.05) is 18.5 Å². The Labute approximate surface area is 137 Å². The van der Waals surface area contributed by atoms with E-state index in [2.05, 4.69) is 32.0 Å². The number of hydrogen-bond donors (Lipinski definition) is 0. The van der Waals surface area contributed by atoms with E-state index in [0.717, 1.165) is 62.3 Å². The molecule has 7 nitrogen and oxygen atoms in total. The van der Waals surface area contributed by atoms with Gasteiger partial charge in [-0.15, -0.1) is 0 Å². The Morgan fingerprint density at radius 1 is 1.26 bits per heavy atom. The van der Waals surface area contributed by atoms with Gasteiger partial charge in [-0.25, -0.2) is 9.67 Å². The van der Waals surface area contributed by atoms with E-state index in [4.69, 9.17) is 4.52 Å². The number of unbranched alkanes of at least 4 members (excludes halogenated alkanes) is 1. The van der Waals surface area contributed by atoms with Crippen molar-refractivity contribution in [3.63, 3.8) is 0 Å². The summed E-state index contributed by atoms with van der Waals surface area (Å²) in [5.74, 6) is 3.39. The minimum absolute atomic E-state index is 0.465. The summed E-state index contributed by atoms with van der Waals surface area (Å²) in [6.07, 6.45) is 5.50. The van der Waals surface area contributed by atoms with Crippen LogP contribution in [0.25, 0.3) is 0 Å². The molecular weight excluding hydrogens is 292 g/mol. The topological polar surface area (TPSA) is 72.9 Å². The highest BCUT2D eigenvalue weighted by atomic mass is 16.5. The summed E-state index contributed by atoms with van der Waals surface area (Å²) in [5.41, 5.74) is 0. The van der Waals surface area contributed by atoms with Crippen LogP contribution < -0.4 is 0 Å². The Bertz CT molecular complexity index is 634. The molecule has 0 aromatic carbocycles. The Balaban J connectivity index is 1.60. The average Bonchev–Trinajstić information content (AvgIpc) is 3.21. The van der Waals surface area contributed by atoms with Crippen LogP contribution >= 0.6 is 0 Å². The Morgan fingerprint density at radius 3 is 2.87 bits per heavy atom. The minimum atomic E-state index is 0.465. The number of rotatable bonds is 7. The normalized spacial score (nSPS) is 18.8. The summed E-state index contributed by atoms with van der Waals surface area (Å²) in [6.45, 7) is 8.84. The standard InChI is InChI=1S/C16H26N6O/c1-4-5-8-16-18-15(20-23-16)11-21-9-6-7-14(21)10-22-13(3)17-12(2)19-22/h14H,4-11H2,1-3H3/t14-/m1/s1. The molecule has 2 aromatic rings. The first-order chi connectivity index (χ1) is 11.2. The van der Waals surface area contributed by atoms with E-state index >= 15 is 0 Å². The molecule has 1 atom stereocenters. The third-order valence-electron chi connectivity index (χ3n) is 4.44. The molecule has 0 unspecified atom stereocenters. The quantitative estimate of drug-likeness (QED) is 0.780. The maximum absolute atomic E-state index is 5.34. The molecule has 0 radical (unpaired) electrons. The lowest BCUT2D eigenvalue weighted by atomic mass is 10.2. The maximum atomic E-state index is 5.34. The van der Waals surface area contributed by atoms with E-state index in [1.54, 1.807) is 0 Å². The Morgan fingerprint density at radius 2 is 2.13 bits per heavy atom. The molecule has 0 bridgehead atoms. The summed E-state index contributed by atoms with van der Waals surface area (Å²) < 4.78 is 7.35. The van der Waals surface area contributed by atoms with Crippen LogP contribution in [0.15, 0.2) is 4.52 Å². The average molecular weight is 318 g/mol. The number of aromatic nitrogens is 5. The smallest absolute Gasteiger partial charge is 0.226 e. The van der Waals surface area contributed by atoms with Gasteiger partial charge < -0.3 is 4.52 Å². The molecule has 7 heteroatoms. The van der Waals surface area contributed by atoms with Crippen LogP contribution in [0.2, 0.25) is 0 Å². The second-order valence-electron chi connectivity index (χ2n) is 6.36. The van der Waals surface area contributed by atoms with Gasteiger partial charge in [0.2, 0.25) is 5.89 Å². The third kappa shape index (κ3) is 3.96. The zero-order chi connectivity index (χ0) is 16.2. The predicted molar refractivity (Wildman–Crippen MR) is 85.8 cm³/mol. The summed E-state index contributed by atoms with van der Waals surface area (Å²) >= 11 is 0. The zero-order valence-electron chi connectivity index (χ0n) is 14.3. The summed E-state index contributed by atoms with van der Waals surface area (Å²) in [4.78, 5) is 11.3. The van der Waals surface area contributed by atoms with Crippen molar-refractivity contribution in [1.29, 1.82) is 0 Å². The van der Waals surface area contributed by atoms with E-state index in [-0.39, 0.29) is 0 Å². The molecule has 3 heterocycles. The Hall–Kier alpha value is -1.76. The highest BCUT2D eigenvalue weighted by Crippen LogP contribution is 2.21. The lowest BCUT2D eigenvalue weighted by Gasteiger charge is -2.23. The molecule has 1 aliphatic heterocycles. The van der Waals surface area contributed by atoms with Crippen molar-refractivity contribution in [1.82, 2.24) is 29.8 Å². The molecule has 0 saturated carbocycles. The highest BCUT2D eigenvalue weighted by Gasteiger charge is 2.27. The molecular formula is C16H26N6O.